The molecule has 3 atom stereocenters. The van der Waals surface area contributed by atoms with Gasteiger partial charge in [-0.3, -0.25) is 0 Å². The van der Waals surface area contributed by atoms with Gasteiger partial charge in [0.25, 0.3) is 0 Å². The average Bonchev–Trinajstić information content (AvgIpc) is 2.41. The Kier molecular flexibility index (Phi) is 5.29. The first-order valence-electron chi connectivity index (χ1n) is 7.47. The van der Waals surface area contributed by atoms with E-state index in [1.807, 2.05) is 6.07 Å². The van der Waals surface area contributed by atoms with E-state index in [0.717, 1.165) is 19.3 Å². The number of hydrogen-bond acceptors (Lipinski definition) is 2. The van der Waals surface area contributed by atoms with Gasteiger partial charge in [-0.2, -0.15) is 0 Å². The molecule has 0 bridgehead atoms. The van der Waals surface area contributed by atoms with Crippen LogP contribution in [0.3, 0.4) is 0 Å². The molecule has 0 aliphatic heterocycles. The van der Waals surface area contributed by atoms with Crippen LogP contribution in [0.15, 0.2) is 42.5 Å². The SMILES string of the molecule is C=C(C)C1CC[C@](C)(OC(C)=O)[C@H]([Se]c2ccccc2)C1. The van der Waals surface area contributed by atoms with Crippen LogP contribution in [0.4, 0.5) is 0 Å². The van der Waals surface area contributed by atoms with Crippen molar-refractivity contribution in [1.29, 1.82) is 0 Å². The molecule has 1 aliphatic rings. The van der Waals surface area contributed by atoms with Crippen LogP contribution in [0.2, 0.25) is 4.82 Å². The number of benzene rings is 1. The Balaban J connectivity index is 2.19. The summed E-state index contributed by atoms with van der Waals surface area (Å²) >= 11 is 0.305. The van der Waals surface area contributed by atoms with Gasteiger partial charge in [0.1, 0.15) is 0 Å². The number of allylic oxidation sites excluding steroid dienone is 1. The minimum atomic E-state index is -0.326. The van der Waals surface area contributed by atoms with Crippen molar-refractivity contribution in [3.8, 4) is 0 Å². The van der Waals surface area contributed by atoms with Crippen molar-refractivity contribution in [3.63, 3.8) is 0 Å². The zero-order chi connectivity index (χ0) is 15.5. The van der Waals surface area contributed by atoms with Gasteiger partial charge in [0.2, 0.25) is 0 Å². The summed E-state index contributed by atoms with van der Waals surface area (Å²) in [7, 11) is 0. The van der Waals surface area contributed by atoms with Crippen molar-refractivity contribution in [3.05, 3.63) is 42.5 Å². The van der Waals surface area contributed by atoms with Gasteiger partial charge in [0, 0.05) is 0 Å². The maximum absolute atomic E-state index is 11.5. The molecule has 0 saturated heterocycles. The van der Waals surface area contributed by atoms with Gasteiger partial charge >= 0.3 is 134 Å². The predicted octanol–water partition coefficient (Wildman–Crippen LogP) is 3.50. The molecule has 3 heteroatoms. The fourth-order valence-electron chi connectivity index (χ4n) is 2.98. The van der Waals surface area contributed by atoms with Crippen molar-refractivity contribution in [1.82, 2.24) is 0 Å². The minimum absolute atomic E-state index is 0.167. The number of esters is 1. The predicted molar refractivity (Wildman–Crippen MR) is 87.9 cm³/mol. The van der Waals surface area contributed by atoms with E-state index >= 15 is 0 Å². The molecule has 1 aromatic rings. The normalized spacial score (nSPS) is 28.9. The monoisotopic (exact) mass is 352 g/mol. The molecule has 21 heavy (non-hydrogen) atoms. The first-order chi connectivity index (χ1) is 9.90. The van der Waals surface area contributed by atoms with E-state index in [-0.39, 0.29) is 11.6 Å². The average molecular weight is 351 g/mol. The summed E-state index contributed by atoms with van der Waals surface area (Å²) in [6.45, 7) is 9.87. The third-order valence-electron chi connectivity index (χ3n) is 4.26. The Bertz CT molecular complexity index is 511. The molecule has 0 radical (unpaired) electrons. The zero-order valence-electron chi connectivity index (χ0n) is 13.1. The van der Waals surface area contributed by atoms with Crippen molar-refractivity contribution >= 4 is 25.4 Å². The van der Waals surface area contributed by atoms with Crippen molar-refractivity contribution in [2.75, 3.05) is 0 Å². The molecule has 1 saturated carbocycles. The Labute approximate surface area is 134 Å². The van der Waals surface area contributed by atoms with E-state index in [2.05, 4.69) is 44.7 Å². The molecular weight excluding hydrogens is 327 g/mol. The van der Waals surface area contributed by atoms with E-state index in [4.69, 9.17) is 4.74 Å². The molecule has 1 fully saturated rings. The molecule has 1 aliphatic carbocycles. The van der Waals surface area contributed by atoms with Crippen LogP contribution >= 0.6 is 0 Å². The number of ether oxygens (including phenoxy) is 1. The molecule has 0 amide bonds. The van der Waals surface area contributed by atoms with E-state index < -0.39 is 0 Å². The van der Waals surface area contributed by atoms with Crippen LogP contribution in [-0.4, -0.2) is 26.5 Å². The first-order valence-corrected chi connectivity index (χ1v) is 9.32. The van der Waals surface area contributed by atoms with Crippen molar-refractivity contribution in [2.45, 2.75) is 50.5 Å². The van der Waals surface area contributed by atoms with Gasteiger partial charge in [0.05, 0.1) is 0 Å². The third-order valence-corrected chi connectivity index (χ3v) is 7.45. The molecule has 114 valence electrons. The van der Waals surface area contributed by atoms with Gasteiger partial charge in [0.15, 0.2) is 0 Å². The van der Waals surface area contributed by atoms with E-state index in [9.17, 15) is 4.79 Å². The van der Waals surface area contributed by atoms with Crippen LogP contribution in [-0.2, 0) is 9.53 Å². The summed E-state index contributed by atoms with van der Waals surface area (Å²) in [6.07, 6.45) is 3.08. The van der Waals surface area contributed by atoms with Crippen LogP contribution in [0.5, 0.6) is 0 Å². The Hall–Kier alpha value is -1.05. The van der Waals surface area contributed by atoms with Crippen LogP contribution < -0.4 is 4.46 Å². The molecule has 1 aromatic carbocycles. The number of rotatable bonds is 4. The fraction of sp³-hybridized carbons (Fsp3) is 0.500. The van der Waals surface area contributed by atoms with Crippen molar-refractivity contribution in [2.24, 2.45) is 5.92 Å². The van der Waals surface area contributed by atoms with E-state index in [0.29, 0.717) is 25.7 Å². The molecule has 0 heterocycles. The second-order valence-electron chi connectivity index (χ2n) is 6.14. The third kappa shape index (κ3) is 4.21. The van der Waals surface area contributed by atoms with Gasteiger partial charge in [-0.15, -0.1) is 0 Å². The van der Waals surface area contributed by atoms with Crippen LogP contribution in [0.1, 0.15) is 40.0 Å². The second-order valence-corrected chi connectivity index (χ2v) is 8.82. The van der Waals surface area contributed by atoms with Crippen molar-refractivity contribution < 1.29 is 9.53 Å². The summed E-state index contributed by atoms with van der Waals surface area (Å²) in [5.74, 6) is 0.393. The van der Waals surface area contributed by atoms with Gasteiger partial charge in [-0.05, 0) is 0 Å². The quantitative estimate of drug-likeness (QED) is 0.471. The first kappa shape index (κ1) is 16.3. The molecule has 0 spiro atoms. The fourth-order valence-corrected chi connectivity index (χ4v) is 5.89. The molecular formula is C18H24O2Se. The summed E-state index contributed by atoms with van der Waals surface area (Å²) in [6, 6.07) is 10.6. The Morgan fingerprint density at radius 3 is 2.57 bits per heavy atom. The molecule has 1 unspecified atom stereocenters. The molecule has 0 aromatic heterocycles. The molecule has 2 nitrogen and oxygen atoms in total. The van der Waals surface area contributed by atoms with E-state index in [1.54, 1.807) is 0 Å². The second kappa shape index (κ2) is 6.81. The Morgan fingerprint density at radius 1 is 1.33 bits per heavy atom. The Morgan fingerprint density at radius 2 is 2.00 bits per heavy atom. The molecule has 2 rings (SSSR count). The van der Waals surface area contributed by atoms with Gasteiger partial charge < -0.3 is 0 Å². The van der Waals surface area contributed by atoms with Gasteiger partial charge in [-0.25, -0.2) is 0 Å². The number of carbonyl (C=O) groups excluding carboxylic acids is 1. The summed E-state index contributed by atoms with van der Waals surface area (Å²) in [4.78, 5) is 11.9. The standard InChI is InChI=1S/C18H24O2Se/c1-13(2)15-10-11-18(4,20-14(3)19)17(12-15)21-16-8-6-5-7-9-16/h5-9,15,17H,1,10-12H2,2-4H3/t15?,17-,18+/m1/s1. The van der Waals surface area contributed by atoms with Gasteiger partial charge in [-0.1, -0.05) is 0 Å². The van der Waals surface area contributed by atoms with Crippen LogP contribution in [0, 0.1) is 5.92 Å². The topological polar surface area (TPSA) is 26.3 Å². The summed E-state index contributed by atoms with van der Waals surface area (Å²) in [5, 5.41) is 0. The van der Waals surface area contributed by atoms with Crippen LogP contribution in [0.25, 0.3) is 0 Å². The molecule has 0 N–H and O–H groups in total. The zero-order valence-corrected chi connectivity index (χ0v) is 14.8. The summed E-state index contributed by atoms with van der Waals surface area (Å²) < 4.78 is 7.11. The summed E-state index contributed by atoms with van der Waals surface area (Å²) in [5.41, 5.74) is 0.932. The maximum atomic E-state index is 11.5. The van der Waals surface area contributed by atoms with E-state index in [1.165, 1.54) is 17.0 Å². The number of carbonyl (C=O) groups is 1. The number of hydrogen-bond donors (Lipinski definition) is 0.